The molecule has 314 valence electrons. The first kappa shape index (κ1) is 49.7. The SMILES string of the molecule is C[C@@H](C/C=C/[C@@H](C)C/C=C/[C@H](C)[C@@H](C)OCc1ccc(OCCCC(F)(F)C(F)(F)C(F)(F)C(F)(F)C(F)(F)C(F)(F)F)cc1)CO[Si](C)(C)C(C)(C)C. The van der Waals surface area contributed by atoms with E-state index in [1.807, 2.05) is 13.8 Å². The number of alkyl halides is 13. The number of halogens is 13. The summed E-state index contributed by atoms with van der Waals surface area (Å²) in [5, 5.41) is 0.169. The van der Waals surface area contributed by atoms with Crippen LogP contribution in [0.25, 0.3) is 0 Å². The van der Waals surface area contributed by atoms with Crippen LogP contribution in [0.3, 0.4) is 0 Å². The fourth-order valence-corrected chi connectivity index (χ4v) is 5.56. The van der Waals surface area contributed by atoms with Crippen LogP contribution in [0.1, 0.15) is 79.7 Å². The van der Waals surface area contributed by atoms with Crippen molar-refractivity contribution in [2.45, 2.75) is 141 Å². The smallest absolute Gasteiger partial charge is 0.460 e. The van der Waals surface area contributed by atoms with Crippen LogP contribution in [0.2, 0.25) is 18.1 Å². The average Bonchev–Trinajstić information content (AvgIpc) is 3.03. The first-order chi connectivity index (χ1) is 24.2. The maximum absolute atomic E-state index is 14.0. The average molecular weight is 821 g/mol. The third kappa shape index (κ3) is 12.6. The van der Waals surface area contributed by atoms with Gasteiger partial charge in [0.2, 0.25) is 0 Å². The van der Waals surface area contributed by atoms with Crippen molar-refractivity contribution in [3.63, 3.8) is 0 Å². The van der Waals surface area contributed by atoms with Gasteiger partial charge in [0.25, 0.3) is 0 Å². The van der Waals surface area contributed by atoms with Gasteiger partial charge in [-0.25, -0.2) is 0 Å². The molecule has 17 heteroatoms. The molecule has 0 saturated carbocycles. The van der Waals surface area contributed by atoms with Gasteiger partial charge >= 0.3 is 35.8 Å². The van der Waals surface area contributed by atoms with E-state index in [0.29, 0.717) is 17.4 Å². The highest BCUT2D eigenvalue weighted by Gasteiger charge is 2.90. The quantitative estimate of drug-likeness (QED) is 0.0505. The van der Waals surface area contributed by atoms with Crippen molar-refractivity contribution in [1.82, 2.24) is 0 Å². The second-order valence-electron chi connectivity index (χ2n) is 15.5. The van der Waals surface area contributed by atoms with Crippen molar-refractivity contribution in [1.29, 1.82) is 0 Å². The minimum absolute atomic E-state index is 0.0111. The van der Waals surface area contributed by atoms with Gasteiger partial charge in [-0.05, 0) is 79.8 Å². The Balaban J connectivity index is 2.56. The molecule has 54 heavy (non-hydrogen) atoms. The van der Waals surface area contributed by atoms with Gasteiger partial charge in [-0.3, -0.25) is 0 Å². The van der Waals surface area contributed by atoms with Crippen molar-refractivity contribution in [2.75, 3.05) is 13.2 Å². The minimum atomic E-state index is -7.91. The standard InChI is InChI=1S/C37H53F13O3Si/c1-25(13-10-15-26(2)23-53-54(8,9)31(5,6)7)14-11-16-27(3)28(4)52-24-29-17-19-30(20-18-29)51-22-12-21-32(38,39)33(40,41)34(42,43)35(44,45)36(46,47)37(48,49)50/h10-11,13,16-20,25-28H,12,14-15,21-24H2,1-9H3/b13-10+,16-11+/t25-,26+,27+,28-/m1/s1. The highest BCUT2D eigenvalue weighted by molar-refractivity contribution is 6.74. The molecule has 0 saturated heterocycles. The molecular formula is C37H53F13O3Si. The number of hydrogen-bond donors (Lipinski definition) is 0. The summed E-state index contributed by atoms with van der Waals surface area (Å²) in [4.78, 5) is 0. The largest absolute Gasteiger partial charge is 0.494 e. The lowest BCUT2D eigenvalue weighted by Gasteiger charge is -2.39. The molecule has 0 aliphatic carbocycles. The Kier molecular flexibility index (Phi) is 17.3. The van der Waals surface area contributed by atoms with E-state index in [1.54, 1.807) is 0 Å². The molecule has 1 aromatic carbocycles. The zero-order chi connectivity index (χ0) is 42.2. The second-order valence-corrected chi connectivity index (χ2v) is 20.3. The Morgan fingerprint density at radius 2 is 1.20 bits per heavy atom. The van der Waals surface area contributed by atoms with Gasteiger partial charge in [0.15, 0.2) is 8.32 Å². The molecule has 0 spiro atoms. The number of benzene rings is 1. The normalized spacial score (nSPS) is 16.9. The van der Waals surface area contributed by atoms with Crippen LogP contribution in [0.4, 0.5) is 57.1 Å². The van der Waals surface area contributed by atoms with Crippen LogP contribution in [0.5, 0.6) is 5.75 Å². The van der Waals surface area contributed by atoms with Gasteiger partial charge in [0, 0.05) is 13.0 Å². The van der Waals surface area contributed by atoms with Crippen LogP contribution >= 0.6 is 0 Å². The first-order valence-electron chi connectivity index (χ1n) is 17.5. The Labute approximate surface area is 310 Å². The van der Waals surface area contributed by atoms with Gasteiger partial charge in [-0.2, -0.15) is 57.1 Å². The van der Waals surface area contributed by atoms with Gasteiger partial charge < -0.3 is 13.9 Å². The maximum atomic E-state index is 14.0. The van der Waals surface area contributed by atoms with E-state index in [2.05, 4.69) is 72.0 Å². The topological polar surface area (TPSA) is 27.7 Å². The van der Waals surface area contributed by atoms with Crippen LogP contribution in [-0.4, -0.2) is 63.4 Å². The van der Waals surface area contributed by atoms with Gasteiger partial charge in [-0.1, -0.05) is 78.0 Å². The molecule has 0 heterocycles. The summed E-state index contributed by atoms with van der Waals surface area (Å²) in [6.07, 6.45) is -0.789. The van der Waals surface area contributed by atoms with Crippen molar-refractivity contribution >= 4 is 8.32 Å². The molecule has 0 N–H and O–H groups in total. The second kappa shape index (κ2) is 18.8. The highest BCUT2D eigenvalue weighted by atomic mass is 28.4. The summed E-state index contributed by atoms with van der Waals surface area (Å²) in [6.45, 7) is 19.4. The van der Waals surface area contributed by atoms with E-state index >= 15 is 0 Å². The molecule has 0 fully saturated rings. The van der Waals surface area contributed by atoms with E-state index in [9.17, 15) is 57.1 Å². The Morgan fingerprint density at radius 1 is 0.685 bits per heavy atom. The molecule has 0 unspecified atom stereocenters. The molecule has 1 aromatic rings. The summed E-state index contributed by atoms with van der Waals surface area (Å²) in [5.74, 6) is -36.0. The summed E-state index contributed by atoms with van der Waals surface area (Å²) < 4.78 is 190. The molecule has 0 bridgehead atoms. The summed E-state index contributed by atoms with van der Waals surface area (Å²) in [7, 11) is -1.78. The van der Waals surface area contributed by atoms with Crippen LogP contribution < -0.4 is 4.74 Å². The number of ether oxygens (including phenoxy) is 2. The fraction of sp³-hybridized carbons (Fsp3) is 0.730. The Morgan fingerprint density at radius 3 is 1.72 bits per heavy atom. The third-order valence-electron chi connectivity index (χ3n) is 9.56. The monoisotopic (exact) mass is 820 g/mol. The molecule has 1 rings (SSSR count). The molecule has 0 aliphatic heterocycles. The predicted octanol–water partition coefficient (Wildman–Crippen LogP) is 13.3. The number of hydrogen-bond acceptors (Lipinski definition) is 3. The molecule has 0 aliphatic rings. The minimum Gasteiger partial charge on any atom is -0.494 e. The van der Waals surface area contributed by atoms with Gasteiger partial charge in [0.05, 0.1) is 19.3 Å². The molecular weight excluding hydrogens is 767 g/mol. The lowest BCUT2D eigenvalue weighted by atomic mass is 9.92. The molecule has 3 nitrogen and oxygen atoms in total. The van der Waals surface area contributed by atoms with E-state index in [4.69, 9.17) is 13.9 Å². The summed E-state index contributed by atoms with van der Waals surface area (Å²) in [5.41, 5.74) is 0.665. The molecule has 0 aromatic heterocycles. The first-order valence-corrected chi connectivity index (χ1v) is 20.4. The summed E-state index contributed by atoms with van der Waals surface area (Å²) >= 11 is 0. The highest BCUT2D eigenvalue weighted by Crippen LogP contribution is 2.60. The van der Waals surface area contributed by atoms with Crippen LogP contribution in [0, 0.1) is 17.8 Å². The Hall–Kier alpha value is -2.27. The molecule has 4 atom stereocenters. The van der Waals surface area contributed by atoms with E-state index < -0.39 is 63.6 Å². The molecule has 0 amide bonds. The zero-order valence-corrected chi connectivity index (χ0v) is 33.0. The maximum Gasteiger partial charge on any atom is 0.460 e. The number of allylic oxidation sites excluding steroid dienone is 3. The Bertz CT molecular complexity index is 1340. The fourth-order valence-electron chi connectivity index (χ4n) is 4.43. The van der Waals surface area contributed by atoms with Crippen molar-refractivity contribution < 1.29 is 71.0 Å². The van der Waals surface area contributed by atoms with Gasteiger partial charge in [-0.15, -0.1) is 0 Å². The predicted molar refractivity (Wildman–Crippen MR) is 184 cm³/mol. The number of rotatable bonds is 22. The van der Waals surface area contributed by atoms with E-state index in [-0.39, 0.29) is 29.4 Å². The van der Waals surface area contributed by atoms with Gasteiger partial charge in [0.1, 0.15) is 5.75 Å². The lowest BCUT2D eigenvalue weighted by Crippen LogP contribution is -2.70. The van der Waals surface area contributed by atoms with Crippen molar-refractivity contribution in [3.8, 4) is 5.75 Å². The van der Waals surface area contributed by atoms with Crippen LogP contribution in [0.15, 0.2) is 48.6 Å². The lowest BCUT2D eigenvalue weighted by molar-refractivity contribution is -0.440. The third-order valence-corrected chi connectivity index (χ3v) is 14.1. The summed E-state index contributed by atoms with van der Waals surface area (Å²) in [6, 6.07) is 5.77. The van der Waals surface area contributed by atoms with Crippen molar-refractivity contribution in [3.05, 3.63) is 54.1 Å². The van der Waals surface area contributed by atoms with E-state index in [0.717, 1.165) is 19.4 Å². The zero-order valence-electron chi connectivity index (χ0n) is 32.0. The van der Waals surface area contributed by atoms with Crippen LogP contribution in [-0.2, 0) is 15.8 Å². The van der Waals surface area contributed by atoms with Crippen molar-refractivity contribution in [2.24, 2.45) is 17.8 Å². The van der Waals surface area contributed by atoms with E-state index in [1.165, 1.54) is 24.3 Å². The molecule has 0 radical (unpaired) electrons.